The zero-order valence-corrected chi connectivity index (χ0v) is 23.3. The molecule has 0 amide bonds. The molecule has 1 atom stereocenters. The maximum Gasteiger partial charge on any atom is 0.338 e. The Morgan fingerprint density at radius 2 is 1.94 bits per heavy atom. The average Bonchev–Trinajstić information content (AvgIpc) is 3.15. The molecule has 1 aromatic heterocycles. The third-order valence-electron chi connectivity index (χ3n) is 5.98. The Morgan fingerprint density at radius 3 is 2.72 bits per heavy atom. The van der Waals surface area contributed by atoms with E-state index in [0.29, 0.717) is 30.6 Å². The maximum absolute atomic E-state index is 13.9. The number of nitrogens with zero attached hydrogens (tertiary/aromatic N) is 2. The molecule has 1 N–H and O–H groups in total. The van der Waals surface area contributed by atoms with Gasteiger partial charge in [-0.2, -0.15) is 0 Å². The van der Waals surface area contributed by atoms with E-state index >= 15 is 0 Å². The summed E-state index contributed by atoms with van der Waals surface area (Å²) in [5.74, 6) is -0.474. The maximum atomic E-state index is 13.9. The SMILES string of the molecule is CCOC(=O)C1=C(C)N=c2s/c(=C/c3cc(Br)cc(Br)c3O)c(=O)n2[C@H]1c1cccc2ccccc12. The second-order valence-electron chi connectivity index (χ2n) is 8.20. The minimum absolute atomic E-state index is 0.0260. The summed E-state index contributed by atoms with van der Waals surface area (Å²) >= 11 is 7.98. The lowest BCUT2D eigenvalue weighted by Crippen LogP contribution is -2.40. The summed E-state index contributed by atoms with van der Waals surface area (Å²) in [6, 6.07) is 16.5. The lowest BCUT2D eigenvalue weighted by Gasteiger charge is -2.25. The van der Waals surface area contributed by atoms with Gasteiger partial charge in [-0.3, -0.25) is 9.36 Å². The molecule has 36 heavy (non-hydrogen) atoms. The monoisotopic (exact) mass is 626 g/mol. The number of benzene rings is 3. The van der Waals surface area contributed by atoms with Gasteiger partial charge in [-0.1, -0.05) is 69.7 Å². The molecule has 0 aliphatic carbocycles. The molecular formula is C27H20Br2N2O4S. The lowest BCUT2D eigenvalue weighted by atomic mass is 9.91. The summed E-state index contributed by atoms with van der Waals surface area (Å²) in [4.78, 5) is 32.1. The molecule has 5 rings (SSSR count). The van der Waals surface area contributed by atoms with Crippen LogP contribution in [0.15, 0.2) is 84.6 Å². The summed E-state index contributed by atoms with van der Waals surface area (Å²) in [5.41, 5.74) is 1.82. The number of esters is 1. The number of carbonyl (C=O) groups excluding carboxylic acids is 1. The van der Waals surface area contributed by atoms with Gasteiger partial charge in [-0.25, -0.2) is 9.79 Å². The van der Waals surface area contributed by atoms with Crippen LogP contribution in [-0.2, 0) is 9.53 Å². The highest BCUT2D eigenvalue weighted by atomic mass is 79.9. The first-order valence-corrected chi connectivity index (χ1v) is 13.6. The van der Waals surface area contributed by atoms with Crippen LogP contribution in [0.1, 0.15) is 31.0 Å². The zero-order valence-electron chi connectivity index (χ0n) is 19.3. The topological polar surface area (TPSA) is 80.9 Å². The van der Waals surface area contributed by atoms with Gasteiger partial charge in [0.1, 0.15) is 5.75 Å². The molecule has 0 spiro atoms. The Morgan fingerprint density at radius 1 is 1.19 bits per heavy atom. The molecule has 3 aromatic carbocycles. The first kappa shape index (κ1) is 24.7. The molecule has 0 unspecified atom stereocenters. The van der Waals surface area contributed by atoms with Gasteiger partial charge in [0.05, 0.1) is 32.9 Å². The van der Waals surface area contributed by atoms with Crippen molar-refractivity contribution in [1.82, 2.24) is 4.57 Å². The molecule has 1 aliphatic heterocycles. The fraction of sp³-hybridized carbons (Fsp3) is 0.148. The zero-order chi connectivity index (χ0) is 25.6. The number of hydrogen-bond donors (Lipinski definition) is 1. The number of thiazole rings is 1. The number of hydrogen-bond acceptors (Lipinski definition) is 6. The molecule has 0 saturated carbocycles. The van der Waals surface area contributed by atoms with E-state index in [4.69, 9.17) is 4.74 Å². The van der Waals surface area contributed by atoms with E-state index in [-0.39, 0.29) is 17.9 Å². The number of phenols is 1. The number of rotatable bonds is 4. The number of aromatic nitrogens is 1. The van der Waals surface area contributed by atoms with Crippen LogP contribution < -0.4 is 14.9 Å². The average molecular weight is 628 g/mol. The molecule has 0 fully saturated rings. The predicted octanol–water partition coefficient (Wildman–Crippen LogP) is 5.18. The fourth-order valence-electron chi connectivity index (χ4n) is 4.41. The van der Waals surface area contributed by atoms with Gasteiger partial charge in [0.15, 0.2) is 4.80 Å². The van der Waals surface area contributed by atoms with E-state index in [2.05, 4.69) is 36.9 Å². The highest BCUT2D eigenvalue weighted by Crippen LogP contribution is 2.35. The van der Waals surface area contributed by atoms with Gasteiger partial charge in [-0.05, 0) is 64.3 Å². The van der Waals surface area contributed by atoms with Gasteiger partial charge >= 0.3 is 5.97 Å². The summed E-state index contributed by atoms with van der Waals surface area (Å²) < 4.78 is 8.59. The number of phenolic OH excluding ortho intramolecular Hbond substituents is 1. The first-order valence-electron chi connectivity index (χ1n) is 11.2. The van der Waals surface area contributed by atoms with Crippen molar-refractivity contribution in [3.8, 4) is 5.75 Å². The molecule has 0 radical (unpaired) electrons. The van der Waals surface area contributed by atoms with Crippen LogP contribution in [0.25, 0.3) is 16.8 Å². The van der Waals surface area contributed by atoms with E-state index in [1.54, 1.807) is 36.6 Å². The first-order chi connectivity index (χ1) is 17.3. The van der Waals surface area contributed by atoms with E-state index in [1.807, 2.05) is 42.5 Å². The molecule has 0 bridgehead atoms. The molecule has 0 saturated heterocycles. The quantitative estimate of drug-likeness (QED) is 0.316. The van der Waals surface area contributed by atoms with Crippen molar-refractivity contribution < 1.29 is 14.6 Å². The van der Waals surface area contributed by atoms with Crippen LogP contribution >= 0.6 is 43.2 Å². The number of carbonyl (C=O) groups is 1. The predicted molar refractivity (Wildman–Crippen MR) is 148 cm³/mol. The van der Waals surface area contributed by atoms with E-state index < -0.39 is 12.0 Å². The highest BCUT2D eigenvalue weighted by molar-refractivity contribution is 9.11. The van der Waals surface area contributed by atoms with Crippen molar-refractivity contribution in [2.24, 2.45) is 4.99 Å². The van der Waals surface area contributed by atoms with Gasteiger partial charge in [0.2, 0.25) is 0 Å². The van der Waals surface area contributed by atoms with Gasteiger partial charge in [0.25, 0.3) is 5.56 Å². The van der Waals surface area contributed by atoms with Crippen LogP contribution in [0.3, 0.4) is 0 Å². The third-order valence-corrected chi connectivity index (χ3v) is 8.02. The summed E-state index contributed by atoms with van der Waals surface area (Å²) in [6.07, 6.45) is 1.64. The Kier molecular flexibility index (Phi) is 6.72. The van der Waals surface area contributed by atoms with Crippen molar-refractivity contribution in [1.29, 1.82) is 0 Å². The van der Waals surface area contributed by atoms with E-state index in [1.165, 1.54) is 11.3 Å². The van der Waals surface area contributed by atoms with Crippen LogP contribution in [0, 0.1) is 0 Å². The van der Waals surface area contributed by atoms with Crippen molar-refractivity contribution in [3.05, 3.63) is 106 Å². The molecule has 9 heteroatoms. The molecule has 182 valence electrons. The van der Waals surface area contributed by atoms with E-state index in [0.717, 1.165) is 20.8 Å². The fourth-order valence-corrected chi connectivity index (χ4v) is 6.71. The molecule has 1 aliphatic rings. The second-order valence-corrected chi connectivity index (χ2v) is 11.0. The second kappa shape index (κ2) is 9.80. The third kappa shape index (κ3) is 4.25. The number of fused-ring (bicyclic) bond motifs is 2. The lowest BCUT2D eigenvalue weighted by molar-refractivity contribution is -0.139. The van der Waals surface area contributed by atoms with Gasteiger partial charge in [0, 0.05) is 10.0 Å². The van der Waals surface area contributed by atoms with Crippen LogP contribution in [0.5, 0.6) is 5.75 Å². The summed E-state index contributed by atoms with van der Waals surface area (Å²) in [6.45, 7) is 3.72. The normalized spacial score (nSPS) is 15.7. The number of allylic oxidation sites excluding steroid dienone is 1. The van der Waals surface area contributed by atoms with Crippen LogP contribution in [0.4, 0.5) is 0 Å². The van der Waals surface area contributed by atoms with Gasteiger partial charge < -0.3 is 9.84 Å². The van der Waals surface area contributed by atoms with E-state index in [9.17, 15) is 14.7 Å². The minimum atomic E-state index is -0.712. The largest absolute Gasteiger partial charge is 0.506 e. The minimum Gasteiger partial charge on any atom is -0.506 e. The van der Waals surface area contributed by atoms with Crippen molar-refractivity contribution in [2.45, 2.75) is 19.9 Å². The summed E-state index contributed by atoms with van der Waals surface area (Å²) in [7, 11) is 0. The number of aromatic hydroxyl groups is 1. The Balaban J connectivity index is 1.82. The molecule has 6 nitrogen and oxygen atoms in total. The number of halogens is 2. The Hall–Kier alpha value is -3.01. The Labute approximate surface area is 227 Å². The van der Waals surface area contributed by atoms with Crippen molar-refractivity contribution >= 4 is 66.0 Å². The molecule has 2 heterocycles. The van der Waals surface area contributed by atoms with Crippen molar-refractivity contribution in [2.75, 3.05) is 6.61 Å². The van der Waals surface area contributed by atoms with Crippen LogP contribution in [0.2, 0.25) is 0 Å². The van der Waals surface area contributed by atoms with Gasteiger partial charge in [-0.15, -0.1) is 0 Å². The number of ether oxygens (including phenoxy) is 1. The smallest absolute Gasteiger partial charge is 0.338 e. The summed E-state index contributed by atoms with van der Waals surface area (Å²) in [5, 5.41) is 12.5. The molecular weight excluding hydrogens is 608 g/mol. The molecule has 4 aromatic rings. The standard InChI is InChI=1S/C27H20Br2N2O4S/c1-3-35-26(34)22-14(2)30-27-31(23(22)19-10-6-8-15-7-4-5-9-18(15)19)25(33)21(36-27)12-16-11-17(28)13-20(29)24(16)32/h4-13,23,32H,3H2,1-2H3/b21-12+/t23-/m0/s1. The van der Waals surface area contributed by atoms with Crippen LogP contribution in [-0.4, -0.2) is 22.2 Å². The highest BCUT2D eigenvalue weighted by Gasteiger charge is 2.34. The van der Waals surface area contributed by atoms with Crippen molar-refractivity contribution in [3.63, 3.8) is 0 Å². The Bertz CT molecular complexity index is 1750.